The number of morpholine rings is 1. The van der Waals surface area contributed by atoms with Crippen LogP contribution in [0.4, 0.5) is 0 Å². The van der Waals surface area contributed by atoms with Crippen LogP contribution in [0.2, 0.25) is 0 Å². The Morgan fingerprint density at radius 2 is 1.69 bits per heavy atom. The van der Waals surface area contributed by atoms with Crippen LogP contribution in [0.1, 0.15) is 29.7 Å². The highest BCUT2D eigenvalue weighted by molar-refractivity contribution is 5.77. The molecule has 5 heteroatoms. The van der Waals surface area contributed by atoms with Gasteiger partial charge in [0.25, 0.3) is 5.91 Å². The molecule has 4 rings (SSSR count). The molecular formula is C24H33N3O2+2. The highest BCUT2D eigenvalue weighted by Crippen LogP contribution is 2.14. The van der Waals surface area contributed by atoms with Crippen LogP contribution in [0.25, 0.3) is 0 Å². The number of amides is 1. The minimum Gasteiger partial charge on any atom is -0.370 e. The maximum absolute atomic E-state index is 12.9. The molecule has 1 amide bonds. The van der Waals surface area contributed by atoms with Crippen LogP contribution in [0, 0.1) is 0 Å². The molecule has 0 aliphatic carbocycles. The smallest absolute Gasteiger partial charge is 0.275 e. The normalized spacial score (nSPS) is 21.8. The highest BCUT2D eigenvalue weighted by Gasteiger charge is 2.33. The van der Waals surface area contributed by atoms with E-state index in [2.05, 4.69) is 66.8 Å². The number of nitrogens with one attached hydrogen (secondary N) is 3. The summed E-state index contributed by atoms with van der Waals surface area (Å²) in [5.41, 5.74) is 4.11. The fourth-order valence-electron chi connectivity index (χ4n) is 4.89. The monoisotopic (exact) mass is 395 g/mol. The van der Waals surface area contributed by atoms with Gasteiger partial charge in [0, 0.05) is 17.5 Å². The van der Waals surface area contributed by atoms with Crippen molar-refractivity contribution in [3.05, 3.63) is 71.3 Å². The van der Waals surface area contributed by atoms with Crippen LogP contribution >= 0.6 is 0 Å². The molecular weight excluding hydrogens is 362 g/mol. The third-order valence-corrected chi connectivity index (χ3v) is 6.34. The van der Waals surface area contributed by atoms with E-state index in [0.717, 1.165) is 45.8 Å². The predicted octanol–water partition coefficient (Wildman–Crippen LogP) is -0.211. The Morgan fingerprint density at radius 3 is 2.45 bits per heavy atom. The lowest BCUT2D eigenvalue weighted by molar-refractivity contribution is -0.940. The average molecular weight is 396 g/mol. The Labute approximate surface area is 173 Å². The van der Waals surface area contributed by atoms with Crippen molar-refractivity contribution >= 4 is 5.91 Å². The number of fused-ring (bicyclic) bond motifs is 1. The van der Waals surface area contributed by atoms with Crippen molar-refractivity contribution in [1.82, 2.24) is 5.32 Å². The molecule has 5 nitrogen and oxygen atoms in total. The zero-order valence-electron chi connectivity index (χ0n) is 17.3. The first-order valence-electron chi connectivity index (χ1n) is 10.9. The van der Waals surface area contributed by atoms with E-state index in [1.807, 2.05) is 0 Å². The number of benzene rings is 2. The van der Waals surface area contributed by atoms with Crippen LogP contribution in [0.15, 0.2) is 54.6 Å². The second-order valence-corrected chi connectivity index (χ2v) is 8.39. The standard InChI is InChI=1S/C24H31N3O2/c1-19(24(21-8-3-2-4-9-21)27-13-15-29-16-14-27)25-23(28)18-26-12-11-20-7-5-6-10-22(20)17-26/h2-10,19,24H,11-18H2,1H3,(H,25,28)/p+2/t19-,24+/m0/s1. The first-order valence-corrected chi connectivity index (χ1v) is 10.9. The highest BCUT2D eigenvalue weighted by atomic mass is 16.5. The summed E-state index contributed by atoms with van der Waals surface area (Å²) in [5.74, 6) is 0.153. The lowest BCUT2D eigenvalue weighted by Gasteiger charge is -2.35. The minimum atomic E-state index is 0.0782. The van der Waals surface area contributed by atoms with Crippen LogP contribution in [-0.4, -0.2) is 51.3 Å². The summed E-state index contributed by atoms with van der Waals surface area (Å²) in [7, 11) is 0. The van der Waals surface area contributed by atoms with Crippen molar-refractivity contribution in [1.29, 1.82) is 0 Å². The molecule has 0 spiro atoms. The van der Waals surface area contributed by atoms with Crippen molar-refractivity contribution in [2.24, 2.45) is 0 Å². The van der Waals surface area contributed by atoms with Crippen LogP contribution in [0.3, 0.4) is 0 Å². The van der Waals surface area contributed by atoms with E-state index in [4.69, 9.17) is 4.74 Å². The summed E-state index contributed by atoms with van der Waals surface area (Å²) in [6, 6.07) is 19.5. The topological polar surface area (TPSA) is 47.2 Å². The first-order chi connectivity index (χ1) is 14.2. The van der Waals surface area contributed by atoms with E-state index in [-0.39, 0.29) is 18.0 Å². The van der Waals surface area contributed by atoms with E-state index in [1.54, 1.807) is 0 Å². The molecule has 2 aromatic rings. The molecule has 0 aromatic heterocycles. The molecule has 2 aliphatic rings. The van der Waals surface area contributed by atoms with E-state index in [0.29, 0.717) is 6.54 Å². The predicted molar refractivity (Wildman–Crippen MR) is 113 cm³/mol. The van der Waals surface area contributed by atoms with Crippen molar-refractivity contribution in [2.75, 3.05) is 39.4 Å². The molecule has 2 aliphatic heterocycles. The maximum atomic E-state index is 12.9. The lowest BCUT2D eigenvalue weighted by atomic mass is 9.98. The minimum absolute atomic E-state index is 0.0782. The SMILES string of the molecule is C[C@H](NC(=O)C[NH+]1CCc2ccccc2C1)[C@H](c1ccccc1)[NH+]1CCOCC1. The number of hydrogen-bond donors (Lipinski definition) is 3. The number of carbonyl (C=O) groups excluding carboxylic acids is 1. The molecule has 2 heterocycles. The van der Waals surface area contributed by atoms with Gasteiger partial charge in [-0.3, -0.25) is 4.79 Å². The number of rotatable bonds is 6. The zero-order chi connectivity index (χ0) is 20.1. The zero-order valence-corrected chi connectivity index (χ0v) is 17.3. The Hall–Kier alpha value is -2.21. The Bertz CT molecular complexity index is 805. The van der Waals surface area contributed by atoms with Gasteiger partial charge in [-0.15, -0.1) is 0 Å². The molecule has 3 N–H and O–H groups in total. The summed E-state index contributed by atoms with van der Waals surface area (Å²) in [6.45, 7) is 8.19. The Balaban J connectivity index is 1.39. The second-order valence-electron chi connectivity index (χ2n) is 8.39. The van der Waals surface area contributed by atoms with Crippen molar-refractivity contribution in [2.45, 2.75) is 32.0 Å². The first kappa shape index (κ1) is 20.1. The molecule has 0 bridgehead atoms. The van der Waals surface area contributed by atoms with Gasteiger partial charge in [-0.2, -0.15) is 0 Å². The quantitative estimate of drug-likeness (QED) is 0.634. The van der Waals surface area contributed by atoms with Crippen molar-refractivity contribution < 1.29 is 19.3 Å². The summed E-state index contributed by atoms with van der Waals surface area (Å²) in [4.78, 5) is 15.7. The fourth-order valence-corrected chi connectivity index (χ4v) is 4.89. The molecule has 0 radical (unpaired) electrons. The van der Waals surface area contributed by atoms with Gasteiger partial charge in [0.05, 0.1) is 25.8 Å². The van der Waals surface area contributed by atoms with Gasteiger partial charge < -0.3 is 19.9 Å². The van der Waals surface area contributed by atoms with Gasteiger partial charge in [0.1, 0.15) is 25.7 Å². The van der Waals surface area contributed by atoms with Crippen molar-refractivity contribution in [3.8, 4) is 0 Å². The number of quaternary nitrogens is 2. The van der Waals surface area contributed by atoms with Gasteiger partial charge in [-0.05, 0) is 12.5 Å². The van der Waals surface area contributed by atoms with Crippen LogP contribution in [0.5, 0.6) is 0 Å². The summed E-state index contributed by atoms with van der Waals surface area (Å²) in [6.07, 6.45) is 1.05. The maximum Gasteiger partial charge on any atom is 0.275 e. The third kappa shape index (κ3) is 5.04. The Morgan fingerprint density at radius 1 is 1.00 bits per heavy atom. The van der Waals surface area contributed by atoms with Gasteiger partial charge in [0.15, 0.2) is 6.54 Å². The van der Waals surface area contributed by atoms with Gasteiger partial charge >= 0.3 is 0 Å². The average Bonchev–Trinajstić information content (AvgIpc) is 2.75. The fraction of sp³-hybridized carbons (Fsp3) is 0.458. The molecule has 1 saturated heterocycles. The molecule has 0 saturated carbocycles. The number of ether oxygens (including phenoxy) is 1. The molecule has 154 valence electrons. The molecule has 1 unspecified atom stereocenters. The summed E-state index contributed by atoms with van der Waals surface area (Å²) >= 11 is 0. The van der Waals surface area contributed by atoms with Crippen molar-refractivity contribution in [3.63, 3.8) is 0 Å². The Kier molecular flexibility index (Phi) is 6.60. The lowest BCUT2D eigenvalue weighted by Crippen LogP contribution is -3.15. The van der Waals surface area contributed by atoms with Gasteiger partial charge in [-0.1, -0.05) is 54.6 Å². The molecule has 3 atom stereocenters. The summed E-state index contributed by atoms with van der Waals surface area (Å²) in [5, 5.41) is 3.33. The van der Waals surface area contributed by atoms with Crippen LogP contribution < -0.4 is 15.1 Å². The van der Waals surface area contributed by atoms with E-state index < -0.39 is 0 Å². The molecule has 2 aromatic carbocycles. The van der Waals surface area contributed by atoms with E-state index in [1.165, 1.54) is 26.5 Å². The number of carbonyl (C=O) groups is 1. The van der Waals surface area contributed by atoms with Gasteiger partial charge in [0.2, 0.25) is 0 Å². The largest absolute Gasteiger partial charge is 0.370 e. The van der Waals surface area contributed by atoms with E-state index >= 15 is 0 Å². The van der Waals surface area contributed by atoms with E-state index in [9.17, 15) is 4.79 Å². The third-order valence-electron chi connectivity index (χ3n) is 6.34. The van der Waals surface area contributed by atoms with Crippen LogP contribution in [-0.2, 0) is 22.5 Å². The second kappa shape index (κ2) is 9.53. The number of hydrogen-bond acceptors (Lipinski definition) is 2. The molecule has 29 heavy (non-hydrogen) atoms. The summed E-state index contributed by atoms with van der Waals surface area (Å²) < 4.78 is 5.56. The molecule has 1 fully saturated rings. The van der Waals surface area contributed by atoms with Gasteiger partial charge in [-0.25, -0.2) is 0 Å².